The van der Waals surface area contributed by atoms with Crippen molar-refractivity contribution in [3.05, 3.63) is 40.5 Å². The van der Waals surface area contributed by atoms with Crippen LogP contribution in [0.1, 0.15) is 31.0 Å². The number of ether oxygens (including phenoxy) is 1. The van der Waals surface area contributed by atoms with Crippen molar-refractivity contribution >= 4 is 46.1 Å². The van der Waals surface area contributed by atoms with E-state index in [0.717, 1.165) is 22.9 Å². The van der Waals surface area contributed by atoms with Gasteiger partial charge in [0.1, 0.15) is 12.6 Å². The number of hydrogen-bond donors (Lipinski definition) is 0. The van der Waals surface area contributed by atoms with Crippen molar-refractivity contribution < 1.29 is 14.3 Å². The van der Waals surface area contributed by atoms with Gasteiger partial charge >= 0.3 is 5.97 Å². The molecule has 0 aliphatic carbocycles. The number of rotatable bonds is 3. The third-order valence-corrected chi connectivity index (χ3v) is 7.22. The lowest BCUT2D eigenvalue weighted by atomic mass is 10.1. The zero-order valence-electron chi connectivity index (χ0n) is 14.6. The van der Waals surface area contributed by atoms with Gasteiger partial charge in [0, 0.05) is 17.6 Å². The number of aryl methyl sites for hydroxylation is 1. The second-order valence-corrected chi connectivity index (χ2v) is 8.77. The predicted octanol–water partition coefficient (Wildman–Crippen LogP) is 3.69. The van der Waals surface area contributed by atoms with Crippen LogP contribution in [0.15, 0.2) is 24.3 Å². The van der Waals surface area contributed by atoms with Crippen LogP contribution in [0.25, 0.3) is 10.9 Å². The summed E-state index contributed by atoms with van der Waals surface area (Å²) in [5.41, 5.74) is 2.28. The van der Waals surface area contributed by atoms with E-state index in [4.69, 9.17) is 16.3 Å². The topological polar surface area (TPSA) is 59.5 Å². The molecule has 0 bridgehead atoms. The summed E-state index contributed by atoms with van der Waals surface area (Å²) in [4.78, 5) is 30.7. The molecule has 5 nitrogen and oxygen atoms in total. The average molecular weight is 391 g/mol. The van der Waals surface area contributed by atoms with Gasteiger partial charge < -0.3 is 9.64 Å². The van der Waals surface area contributed by atoms with Gasteiger partial charge in [-0.2, -0.15) is 0 Å². The molecule has 26 heavy (non-hydrogen) atoms. The van der Waals surface area contributed by atoms with Gasteiger partial charge in [-0.3, -0.25) is 4.79 Å². The Labute approximate surface area is 161 Å². The highest BCUT2D eigenvalue weighted by Gasteiger charge is 2.53. The second-order valence-electron chi connectivity index (χ2n) is 6.89. The summed E-state index contributed by atoms with van der Waals surface area (Å²) >= 11 is 8.07. The van der Waals surface area contributed by atoms with Gasteiger partial charge in [-0.25, -0.2) is 9.78 Å². The van der Waals surface area contributed by atoms with Crippen molar-refractivity contribution in [2.75, 3.05) is 5.75 Å². The number of carbonyl (C=O) groups excluding carboxylic acids is 2. The summed E-state index contributed by atoms with van der Waals surface area (Å²) in [7, 11) is 0. The number of para-hydroxylation sites is 1. The molecule has 3 heterocycles. The number of thioether (sulfide) groups is 1. The maximum absolute atomic E-state index is 12.6. The summed E-state index contributed by atoms with van der Waals surface area (Å²) in [5.74, 6) is 0.205. The maximum Gasteiger partial charge on any atom is 0.330 e. The van der Waals surface area contributed by atoms with Crippen LogP contribution < -0.4 is 0 Å². The number of esters is 1. The SMILES string of the molecule is Cc1c(Cl)c(COC(=O)[C@H]2CS[C@@]3(C)CCC(=O)N23)nc2ccccc12. The van der Waals surface area contributed by atoms with Gasteiger partial charge in [0.05, 0.1) is 21.1 Å². The Kier molecular flexibility index (Phi) is 4.35. The summed E-state index contributed by atoms with van der Waals surface area (Å²) in [5, 5.41) is 1.50. The van der Waals surface area contributed by atoms with Crippen molar-refractivity contribution in [3.8, 4) is 0 Å². The molecule has 2 aliphatic rings. The number of carbonyl (C=O) groups is 2. The van der Waals surface area contributed by atoms with E-state index in [9.17, 15) is 9.59 Å². The zero-order chi connectivity index (χ0) is 18.5. The molecule has 2 fully saturated rings. The van der Waals surface area contributed by atoms with Crippen LogP contribution in [0, 0.1) is 6.92 Å². The number of halogens is 1. The first-order chi connectivity index (χ1) is 12.4. The van der Waals surface area contributed by atoms with Crippen molar-refractivity contribution in [1.82, 2.24) is 9.88 Å². The van der Waals surface area contributed by atoms with Crippen LogP contribution in [-0.2, 0) is 20.9 Å². The molecule has 4 rings (SSSR count). The number of pyridine rings is 1. The third-order valence-electron chi connectivity index (χ3n) is 5.21. The lowest BCUT2D eigenvalue weighted by Gasteiger charge is -2.29. The molecule has 0 saturated carbocycles. The highest BCUT2D eigenvalue weighted by molar-refractivity contribution is 8.01. The highest BCUT2D eigenvalue weighted by atomic mass is 35.5. The quantitative estimate of drug-likeness (QED) is 0.748. The maximum atomic E-state index is 12.6. The van der Waals surface area contributed by atoms with E-state index in [-0.39, 0.29) is 23.4 Å². The average Bonchev–Trinajstić information content (AvgIpc) is 3.13. The van der Waals surface area contributed by atoms with Crippen LogP contribution in [-0.4, -0.2) is 38.4 Å². The van der Waals surface area contributed by atoms with Crippen LogP contribution in [0.3, 0.4) is 0 Å². The molecule has 2 aliphatic heterocycles. The van der Waals surface area contributed by atoms with E-state index in [2.05, 4.69) is 4.98 Å². The molecule has 7 heteroatoms. The first-order valence-corrected chi connectivity index (χ1v) is 9.93. The van der Waals surface area contributed by atoms with Gasteiger partial charge in [0.2, 0.25) is 5.91 Å². The summed E-state index contributed by atoms with van der Waals surface area (Å²) < 4.78 is 5.51. The van der Waals surface area contributed by atoms with Crippen LogP contribution in [0.5, 0.6) is 0 Å². The van der Waals surface area contributed by atoms with E-state index in [0.29, 0.717) is 22.9 Å². The minimum absolute atomic E-state index is 0.00323. The molecule has 0 unspecified atom stereocenters. The Balaban J connectivity index is 1.53. The Morgan fingerprint density at radius 1 is 1.46 bits per heavy atom. The fourth-order valence-electron chi connectivity index (χ4n) is 3.74. The first kappa shape index (κ1) is 17.6. The normalized spacial score (nSPS) is 25.0. The Morgan fingerprint density at radius 2 is 2.23 bits per heavy atom. The fraction of sp³-hybridized carbons (Fsp3) is 0.421. The van der Waals surface area contributed by atoms with Gasteiger partial charge in [-0.15, -0.1) is 11.8 Å². The first-order valence-electron chi connectivity index (χ1n) is 8.57. The molecule has 1 amide bonds. The molecular formula is C19H19ClN2O3S. The number of aromatic nitrogens is 1. The van der Waals surface area contributed by atoms with Crippen LogP contribution in [0.2, 0.25) is 5.02 Å². The molecule has 0 N–H and O–H groups in total. The van der Waals surface area contributed by atoms with Gasteiger partial charge in [0.15, 0.2) is 0 Å². The second kappa shape index (κ2) is 6.43. The van der Waals surface area contributed by atoms with Crippen LogP contribution >= 0.6 is 23.4 Å². The molecule has 1 aromatic carbocycles. The lowest BCUT2D eigenvalue weighted by Crippen LogP contribution is -2.46. The molecule has 2 saturated heterocycles. The van der Waals surface area contributed by atoms with E-state index in [1.807, 2.05) is 38.1 Å². The minimum atomic E-state index is -0.527. The Morgan fingerprint density at radius 3 is 3.04 bits per heavy atom. The number of hydrogen-bond acceptors (Lipinski definition) is 5. The molecule has 1 aromatic heterocycles. The minimum Gasteiger partial charge on any atom is -0.458 e. The molecule has 136 valence electrons. The van der Waals surface area contributed by atoms with E-state index in [1.54, 1.807) is 16.7 Å². The van der Waals surface area contributed by atoms with Crippen molar-refractivity contribution in [2.45, 2.75) is 44.2 Å². The number of nitrogens with zero attached hydrogens (tertiary/aromatic N) is 2. The molecule has 0 spiro atoms. The van der Waals surface area contributed by atoms with Gasteiger partial charge in [-0.05, 0) is 31.9 Å². The van der Waals surface area contributed by atoms with Gasteiger partial charge in [-0.1, -0.05) is 29.8 Å². The molecule has 2 atom stereocenters. The number of benzene rings is 1. The zero-order valence-corrected chi connectivity index (χ0v) is 16.2. The number of amides is 1. The van der Waals surface area contributed by atoms with Crippen molar-refractivity contribution in [1.29, 1.82) is 0 Å². The van der Waals surface area contributed by atoms with Crippen LogP contribution in [0.4, 0.5) is 0 Å². The smallest absolute Gasteiger partial charge is 0.330 e. The monoisotopic (exact) mass is 390 g/mol. The van der Waals surface area contributed by atoms with E-state index >= 15 is 0 Å². The van der Waals surface area contributed by atoms with Crippen molar-refractivity contribution in [3.63, 3.8) is 0 Å². The van der Waals surface area contributed by atoms with Crippen molar-refractivity contribution in [2.24, 2.45) is 0 Å². The lowest BCUT2D eigenvalue weighted by molar-refractivity contribution is -0.154. The van der Waals surface area contributed by atoms with E-state index in [1.165, 1.54) is 0 Å². The summed E-state index contributed by atoms with van der Waals surface area (Å²) in [6, 6.07) is 7.20. The third kappa shape index (κ3) is 2.76. The largest absolute Gasteiger partial charge is 0.458 e. The fourth-order valence-corrected chi connectivity index (χ4v) is 5.36. The molecule has 2 aromatic rings. The Hall–Kier alpha value is -1.79. The molecular weight excluding hydrogens is 372 g/mol. The number of fused-ring (bicyclic) bond motifs is 2. The Bertz CT molecular complexity index is 919. The standard InChI is InChI=1S/C19H19ClN2O3S/c1-11-12-5-3-4-6-13(12)21-14(17(11)20)9-25-18(24)15-10-26-19(2)8-7-16(23)22(15)19/h3-6,15H,7-10H2,1-2H3/t15-,19+/m1/s1. The highest BCUT2D eigenvalue weighted by Crippen LogP contribution is 2.47. The summed E-state index contributed by atoms with van der Waals surface area (Å²) in [6.07, 6.45) is 1.27. The predicted molar refractivity (Wildman–Crippen MR) is 102 cm³/mol. The summed E-state index contributed by atoms with van der Waals surface area (Å²) in [6.45, 7) is 3.95. The van der Waals surface area contributed by atoms with Gasteiger partial charge in [0.25, 0.3) is 0 Å². The van der Waals surface area contributed by atoms with E-state index < -0.39 is 6.04 Å². The molecule has 0 radical (unpaired) electrons.